The second kappa shape index (κ2) is 11.6. The Kier molecular flexibility index (Phi) is 8.07. The minimum Gasteiger partial charge on any atom is -0.293 e. The highest BCUT2D eigenvalue weighted by Gasteiger charge is 2.39. The molecule has 0 aliphatic carbocycles. The first-order valence-electron chi connectivity index (χ1n) is 12.3. The zero-order valence-corrected chi connectivity index (χ0v) is 20.5. The highest BCUT2D eigenvalue weighted by molar-refractivity contribution is 5.97. The van der Waals surface area contributed by atoms with Gasteiger partial charge in [0.05, 0.1) is 11.6 Å². The molecule has 0 amide bonds. The summed E-state index contributed by atoms with van der Waals surface area (Å²) >= 11 is 0. The van der Waals surface area contributed by atoms with E-state index in [0.29, 0.717) is 5.92 Å². The smallest absolute Gasteiger partial charge is 0.172 e. The number of carbonyl (C=O) groups excluding carboxylic acids is 1. The first kappa shape index (κ1) is 24.4. The lowest BCUT2D eigenvalue weighted by Gasteiger charge is -2.40. The SMILES string of the molecule is CC(C)C[C@H](NC(c1ccccc1)(c1ccccc1)c1ccccc1)C(=O)/C=C/c1ccccc1. The molecule has 0 aromatic heterocycles. The molecule has 4 aromatic carbocycles. The Hall–Kier alpha value is -3.75. The Balaban J connectivity index is 1.84. The van der Waals surface area contributed by atoms with Crippen molar-refractivity contribution in [2.24, 2.45) is 5.92 Å². The molecule has 0 radical (unpaired) electrons. The van der Waals surface area contributed by atoms with Gasteiger partial charge >= 0.3 is 0 Å². The molecule has 1 atom stereocenters. The van der Waals surface area contributed by atoms with Gasteiger partial charge in [0, 0.05) is 0 Å². The number of hydrogen-bond acceptors (Lipinski definition) is 2. The molecule has 1 N–H and O–H groups in total. The second-order valence-electron chi connectivity index (χ2n) is 9.32. The zero-order chi connectivity index (χ0) is 24.5. The van der Waals surface area contributed by atoms with Crippen molar-refractivity contribution >= 4 is 11.9 Å². The predicted octanol–water partition coefficient (Wildman–Crippen LogP) is 7.27. The summed E-state index contributed by atoms with van der Waals surface area (Å²) in [4.78, 5) is 13.7. The van der Waals surface area contributed by atoms with Crippen LogP contribution in [0.5, 0.6) is 0 Å². The number of rotatable bonds is 10. The standard InChI is InChI=1S/C33H33NO/c1-26(2)25-31(32(35)24-23-27-15-7-3-8-16-27)34-33(28-17-9-4-10-18-28,29-19-11-5-12-20-29)30-21-13-6-14-22-30/h3-24,26,31,34H,25H2,1-2H3/b24-23+/t31-/m0/s1. The van der Waals surface area contributed by atoms with Crippen molar-refractivity contribution in [3.63, 3.8) is 0 Å². The molecule has 4 rings (SSSR count). The Morgan fingerprint density at radius 3 is 1.49 bits per heavy atom. The zero-order valence-electron chi connectivity index (χ0n) is 20.5. The van der Waals surface area contributed by atoms with Gasteiger partial charge in [-0.15, -0.1) is 0 Å². The maximum absolute atomic E-state index is 13.7. The van der Waals surface area contributed by atoms with Crippen LogP contribution in [-0.4, -0.2) is 11.8 Å². The number of ketones is 1. The summed E-state index contributed by atoms with van der Waals surface area (Å²) in [5.41, 5.74) is 3.65. The quantitative estimate of drug-likeness (QED) is 0.200. The van der Waals surface area contributed by atoms with Gasteiger partial charge in [-0.25, -0.2) is 0 Å². The van der Waals surface area contributed by atoms with Gasteiger partial charge in [-0.1, -0.05) is 141 Å². The van der Waals surface area contributed by atoms with Crippen molar-refractivity contribution in [1.29, 1.82) is 0 Å². The van der Waals surface area contributed by atoms with E-state index in [-0.39, 0.29) is 11.8 Å². The maximum atomic E-state index is 13.7. The van der Waals surface area contributed by atoms with Gasteiger partial charge in [-0.2, -0.15) is 0 Å². The first-order chi connectivity index (χ1) is 17.1. The van der Waals surface area contributed by atoms with Gasteiger partial charge < -0.3 is 0 Å². The van der Waals surface area contributed by atoms with E-state index in [4.69, 9.17) is 0 Å². The van der Waals surface area contributed by atoms with Crippen LogP contribution in [0.25, 0.3) is 6.08 Å². The van der Waals surface area contributed by atoms with Crippen LogP contribution in [0.3, 0.4) is 0 Å². The molecule has 35 heavy (non-hydrogen) atoms. The highest BCUT2D eigenvalue weighted by atomic mass is 16.1. The molecule has 0 aliphatic rings. The highest BCUT2D eigenvalue weighted by Crippen LogP contribution is 2.37. The van der Waals surface area contributed by atoms with Gasteiger partial charge in [0.25, 0.3) is 0 Å². The van der Waals surface area contributed by atoms with Crippen molar-refractivity contribution in [2.45, 2.75) is 31.8 Å². The predicted molar refractivity (Wildman–Crippen MR) is 146 cm³/mol. The van der Waals surface area contributed by atoms with Crippen molar-refractivity contribution in [1.82, 2.24) is 5.32 Å². The molecule has 0 spiro atoms. The van der Waals surface area contributed by atoms with Gasteiger partial charge in [0.15, 0.2) is 5.78 Å². The summed E-state index contributed by atoms with van der Waals surface area (Å²) < 4.78 is 0. The Labute approximate surface area is 209 Å². The molecular weight excluding hydrogens is 426 g/mol. The molecular formula is C33H33NO. The van der Waals surface area contributed by atoms with Gasteiger partial charge in [0.1, 0.15) is 0 Å². The van der Waals surface area contributed by atoms with E-state index in [9.17, 15) is 4.79 Å². The molecule has 0 unspecified atom stereocenters. The average Bonchev–Trinajstić information content (AvgIpc) is 2.91. The van der Waals surface area contributed by atoms with Gasteiger partial charge in [0.2, 0.25) is 0 Å². The third kappa shape index (κ3) is 5.85. The molecule has 0 bridgehead atoms. The number of carbonyl (C=O) groups is 1. The first-order valence-corrected chi connectivity index (χ1v) is 12.3. The molecule has 4 aromatic rings. The molecule has 0 saturated heterocycles. The summed E-state index contributed by atoms with van der Waals surface area (Å²) in [7, 11) is 0. The normalized spacial score (nSPS) is 12.7. The van der Waals surface area contributed by atoms with E-state index in [1.807, 2.05) is 54.6 Å². The molecule has 0 saturated carbocycles. The summed E-state index contributed by atoms with van der Waals surface area (Å²) in [5, 5.41) is 3.88. The number of hydrogen-bond donors (Lipinski definition) is 1. The summed E-state index contributed by atoms with van der Waals surface area (Å²) in [6.07, 6.45) is 4.36. The van der Waals surface area contributed by atoms with Crippen molar-refractivity contribution in [3.8, 4) is 0 Å². The fourth-order valence-electron chi connectivity index (χ4n) is 4.65. The van der Waals surface area contributed by atoms with Crippen LogP contribution in [0.4, 0.5) is 0 Å². The molecule has 0 fully saturated rings. The van der Waals surface area contributed by atoms with Crippen molar-refractivity contribution < 1.29 is 4.79 Å². The maximum Gasteiger partial charge on any atom is 0.172 e. The fraction of sp³-hybridized carbons (Fsp3) is 0.182. The van der Waals surface area contributed by atoms with Crippen LogP contribution in [0, 0.1) is 5.92 Å². The molecule has 2 nitrogen and oxygen atoms in total. The summed E-state index contributed by atoms with van der Waals surface area (Å²) in [6, 6.07) is 40.9. The van der Waals surface area contributed by atoms with E-state index < -0.39 is 5.54 Å². The Morgan fingerprint density at radius 1 is 0.686 bits per heavy atom. The largest absolute Gasteiger partial charge is 0.293 e. The summed E-state index contributed by atoms with van der Waals surface area (Å²) in [5.74, 6) is 0.427. The van der Waals surface area contributed by atoms with Crippen LogP contribution in [-0.2, 0) is 10.3 Å². The monoisotopic (exact) mass is 459 g/mol. The van der Waals surface area contributed by atoms with Crippen molar-refractivity contribution in [2.75, 3.05) is 0 Å². The molecule has 0 aliphatic heterocycles. The lowest BCUT2D eigenvalue weighted by molar-refractivity contribution is -0.117. The minimum atomic E-state index is -0.681. The van der Waals surface area contributed by atoms with Crippen LogP contribution in [0.1, 0.15) is 42.5 Å². The second-order valence-corrected chi connectivity index (χ2v) is 9.32. The minimum absolute atomic E-state index is 0.0784. The van der Waals surface area contributed by atoms with E-state index in [1.54, 1.807) is 6.08 Å². The fourth-order valence-corrected chi connectivity index (χ4v) is 4.65. The molecule has 176 valence electrons. The van der Waals surface area contributed by atoms with Crippen molar-refractivity contribution in [3.05, 3.63) is 150 Å². The van der Waals surface area contributed by atoms with E-state index in [2.05, 4.69) is 92.0 Å². The number of benzene rings is 4. The Bertz CT molecular complexity index is 1120. The van der Waals surface area contributed by atoms with E-state index in [1.165, 1.54) is 0 Å². The molecule has 0 heterocycles. The van der Waals surface area contributed by atoms with Crippen LogP contribution >= 0.6 is 0 Å². The Morgan fingerprint density at radius 2 is 1.09 bits per heavy atom. The van der Waals surface area contributed by atoms with E-state index in [0.717, 1.165) is 28.7 Å². The third-order valence-electron chi connectivity index (χ3n) is 6.30. The average molecular weight is 460 g/mol. The topological polar surface area (TPSA) is 29.1 Å². The summed E-state index contributed by atoms with van der Waals surface area (Å²) in [6.45, 7) is 4.33. The molecule has 2 heteroatoms. The lowest BCUT2D eigenvalue weighted by atomic mass is 9.76. The number of nitrogens with one attached hydrogen (secondary N) is 1. The van der Waals surface area contributed by atoms with Gasteiger partial charge in [-0.05, 0) is 40.7 Å². The lowest BCUT2D eigenvalue weighted by Crippen LogP contribution is -2.52. The van der Waals surface area contributed by atoms with E-state index >= 15 is 0 Å². The van der Waals surface area contributed by atoms with Crippen LogP contribution < -0.4 is 5.32 Å². The van der Waals surface area contributed by atoms with Gasteiger partial charge in [-0.3, -0.25) is 10.1 Å². The van der Waals surface area contributed by atoms with Crippen LogP contribution in [0.2, 0.25) is 0 Å². The third-order valence-corrected chi connectivity index (χ3v) is 6.30. The van der Waals surface area contributed by atoms with Crippen LogP contribution in [0.15, 0.2) is 127 Å².